The highest BCUT2D eigenvalue weighted by molar-refractivity contribution is 7.14. The number of hydrogen-bond donors (Lipinski definition) is 2. The highest BCUT2D eigenvalue weighted by Crippen LogP contribution is 2.26. The number of thiophene rings is 1. The number of nitrogens with one attached hydrogen (secondary N) is 1. The monoisotopic (exact) mass is 338 g/mol. The van der Waals surface area contributed by atoms with E-state index in [1.54, 1.807) is 0 Å². The van der Waals surface area contributed by atoms with Crippen LogP contribution in [0.3, 0.4) is 0 Å². The van der Waals surface area contributed by atoms with Gasteiger partial charge >= 0.3 is 5.97 Å². The Balaban J connectivity index is 1.53. The number of amides is 1. The molecule has 2 N–H and O–H groups in total. The summed E-state index contributed by atoms with van der Waals surface area (Å²) in [6, 6.07) is 1.89. The lowest BCUT2D eigenvalue weighted by Crippen LogP contribution is -2.24. The number of thiazole rings is 1. The fraction of sp³-hybridized carbons (Fsp3) is 0.357. The van der Waals surface area contributed by atoms with Gasteiger partial charge in [-0.15, -0.1) is 22.7 Å². The van der Waals surface area contributed by atoms with Crippen LogP contribution in [0.2, 0.25) is 0 Å². The third kappa shape index (κ3) is 3.34. The van der Waals surface area contributed by atoms with Crippen molar-refractivity contribution in [3.05, 3.63) is 37.5 Å². The van der Waals surface area contributed by atoms with Gasteiger partial charge in [-0.2, -0.15) is 0 Å². The smallest absolute Gasteiger partial charge is 0.355 e. The van der Waals surface area contributed by atoms with E-state index < -0.39 is 5.97 Å². The summed E-state index contributed by atoms with van der Waals surface area (Å²) >= 11 is 2.81. The van der Waals surface area contributed by atoms with Crippen LogP contribution in [-0.4, -0.2) is 35.1 Å². The fourth-order valence-corrected chi connectivity index (χ4v) is 3.99. The molecule has 0 spiro atoms. The summed E-state index contributed by atoms with van der Waals surface area (Å²) in [6.07, 6.45) is 1.39. The van der Waals surface area contributed by atoms with Gasteiger partial charge in [0.05, 0.1) is 23.1 Å². The van der Waals surface area contributed by atoms with Gasteiger partial charge in [0.25, 0.3) is 5.91 Å². The predicted molar refractivity (Wildman–Crippen MR) is 82.8 cm³/mol. The van der Waals surface area contributed by atoms with Gasteiger partial charge in [-0.3, -0.25) is 4.79 Å². The van der Waals surface area contributed by atoms with Gasteiger partial charge in [0, 0.05) is 29.6 Å². The summed E-state index contributed by atoms with van der Waals surface area (Å²) < 4.78 is 5.37. The van der Waals surface area contributed by atoms with Crippen LogP contribution in [-0.2, 0) is 24.2 Å². The first kappa shape index (κ1) is 15.1. The molecule has 0 aliphatic carbocycles. The maximum atomic E-state index is 12.1. The molecular formula is C14H14N2O4S2. The molecular weight excluding hydrogens is 324 g/mol. The van der Waals surface area contributed by atoms with Gasteiger partial charge < -0.3 is 15.2 Å². The first-order chi connectivity index (χ1) is 10.6. The second-order valence-electron chi connectivity index (χ2n) is 4.80. The molecule has 2 aromatic heterocycles. The largest absolute Gasteiger partial charge is 0.476 e. The minimum Gasteiger partial charge on any atom is -0.476 e. The summed E-state index contributed by atoms with van der Waals surface area (Å²) in [5.41, 5.74) is 1.16. The Morgan fingerprint density at radius 2 is 2.32 bits per heavy atom. The zero-order valence-corrected chi connectivity index (χ0v) is 13.3. The number of carboxylic acids is 1. The molecule has 8 heteroatoms. The normalized spacial score (nSPS) is 13.6. The average Bonchev–Trinajstić information content (AvgIpc) is 3.13. The van der Waals surface area contributed by atoms with E-state index in [0.29, 0.717) is 36.1 Å². The minimum absolute atomic E-state index is 0.0530. The summed E-state index contributed by atoms with van der Waals surface area (Å²) in [7, 11) is 0. The van der Waals surface area contributed by atoms with E-state index in [1.165, 1.54) is 32.9 Å². The van der Waals surface area contributed by atoms with E-state index >= 15 is 0 Å². The molecule has 22 heavy (non-hydrogen) atoms. The Morgan fingerprint density at radius 1 is 1.45 bits per heavy atom. The van der Waals surface area contributed by atoms with E-state index in [1.807, 2.05) is 6.07 Å². The maximum Gasteiger partial charge on any atom is 0.355 e. The number of hydrogen-bond acceptors (Lipinski definition) is 6. The number of ether oxygens (including phenoxy) is 1. The van der Waals surface area contributed by atoms with E-state index in [-0.39, 0.29) is 11.6 Å². The van der Waals surface area contributed by atoms with Crippen molar-refractivity contribution < 1.29 is 19.4 Å². The molecule has 3 heterocycles. The zero-order chi connectivity index (χ0) is 15.5. The van der Waals surface area contributed by atoms with Gasteiger partial charge in [0.1, 0.15) is 0 Å². The summed E-state index contributed by atoms with van der Waals surface area (Å²) in [6.45, 7) is 1.73. The number of aromatic nitrogens is 1. The van der Waals surface area contributed by atoms with Crippen LogP contribution in [0, 0.1) is 0 Å². The molecule has 0 unspecified atom stereocenters. The highest BCUT2D eigenvalue weighted by Gasteiger charge is 2.17. The number of rotatable bonds is 5. The molecule has 6 nitrogen and oxygen atoms in total. The van der Waals surface area contributed by atoms with Crippen molar-refractivity contribution in [3.63, 3.8) is 0 Å². The van der Waals surface area contributed by atoms with Crippen LogP contribution in [0.1, 0.15) is 35.6 Å². The lowest BCUT2D eigenvalue weighted by atomic mass is 10.2. The second kappa shape index (κ2) is 6.55. The van der Waals surface area contributed by atoms with Crippen LogP contribution >= 0.6 is 22.7 Å². The Hall–Kier alpha value is -1.77. The number of nitrogens with zero attached hydrogens (tertiary/aromatic N) is 1. The molecule has 1 aliphatic heterocycles. The molecule has 0 saturated heterocycles. The number of carbonyl (C=O) groups is 2. The predicted octanol–water partition coefficient (Wildman–Crippen LogP) is 1.95. The SMILES string of the molecule is O=C(O)c1csc(CCNC(=O)c2cc3c(s2)CCOC3)n1. The van der Waals surface area contributed by atoms with Crippen molar-refractivity contribution in [2.75, 3.05) is 13.2 Å². The van der Waals surface area contributed by atoms with Crippen LogP contribution in [0.25, 0.3) is 0 Å². The first-order valence-corrected chi connectivity index (χ1v) is 8.48. The Morgan fingerprint density at radius 3 is 3.05 bits per heavy atom. The molecule has 2 aromatic rings. The standard InChI is InChI=1S/C14H14N2O4S2/c17-13(11-5-8-6-20-4-2-10(8)22-11)15-3-1-12-16-9(7-21-12)14(18)19/h5,7H,1-4,6H2,(H,15,17)(H,18,19). The molecule has 0 bridgehead atoms. The van der Waals surface area contributed by atoms with E-state index in [9.17, 15) is 9.59 Å². The molecule has 0 atom stereocenters. The summed E-state index contributed by atoms with van der Waals surface area (Å²) in [5.74, 6) is -1.13. The maximum absolute atomic E-state index is 12.1. The number of aromatic carboxylic acids is 1. The van der Waals surface area contributed by atoms with Crippen LogP contribution in [0.4, 0.5) is 0 Å². The van der Waals surface area contributed by atoms with E-state index in [2.05, 4.69) is 10.3 Å². The van der Waals surface area contributed by atoms with Gasteiger partial charge in [0.15, 0.2) is 5.69 Å². The fourth-order valence-electron chi connectivity index (χ4n) is 2.15. The molecule has 0 radical (unpaired) electrons. The molecule has 116 valence electrons. The first-order valence-electron chi connectivity index (χ1n) is 6.78. The summed E-state index contributed by atoms with van der Waals surface area (Å²) in [5, 5.41) is 13.9. The third-order valence-electron chi connectivity index (χ3n) is 3.25. The number of carboxylic acid groups (broad SMARTS) is 1. The lowest BCUT2D eigenvalue weighted by molar-refractivity contribution is 0.0690. The molecule has 3 rings (SSSR count). The lowest BCUT2D eigenvalue weighted by Gasteiger charge is -2.10. The van der Waals surface area contributed by atoms with Gasteiger partial charge in [-0.25, -0.2) is 9.78 Å². The second-order valence-corrected chi connectivity index (χ2v) is 6.88. The van der Waals surface area contributed by atoms with Gasteiger partial charge in [-0.1, -0.05) is 0 Å². The third-order valence-corrected chi connectivity index (χ3v) is 5.39. The van der Waals surface area contributed by atoms with E-state index in [0.717, 1.165) is 12.0 Å². The number of fused-ring (bicyclic) bond motifs is 1. The van der Waals surface area contributed by atoms with Crippen molar-refractivity contribution >= 4 is 34.6 Å². The van der Waals surface area contributed by atoms with Crippen LogP contribution < -0.4 is 5.32 Å². The van der Waals surface area contributed by atoms with Gasteiger partial charge in [0.2, 0.25) is 0 Å². The van der Waals surface area contributed by atoms with E-state index in [4.69, 9.17) is 9.84 Å². The highest BCUT2D eigenvalue weighted by atomic mass is 32.1. The molecule has 1 aliphatic rings. The van der Waals surface area contributed by atoms with Crippen molar-refractivity contribution in [3.8, 4) is 0 Å². The zero-order valence-electron chi connectivity index (χ0n) is 11.6. The van der Waals surface area contributed by atoms with Gasteiger partial charge in [-0.05, 0) is 11.6 Å². The molecule has 1 amide bonds. The van der Waals surface area contributed by atoms with Crippen molar-refractivity contribution in [1.29, 1.82) is 0 Å². The molecule has 0 fully saturated rings. The summed E-state index contributed by atoms with van der Waals surface area (Å²) in [4.78, 5) is 28.8. The van der Waals surface area contributed by atoms with Crippen LogP contribution in [0.5, 0.6) is 0 Å². The molecule has 0 saturated carbocycles. The topological polar surface area (TPSA) is 88.5 Å². The van der Waals surface area contributed by atoms with Crippen LogP contribution in [0.15, 0.2) is 11.4 Å². The van der Waals surface area contributed by atoms with Crippen molar-refractivity contribution in [2.24, 2.45) is 0 Å². The minimum atomic E-state index is -1.03. The molecule has 0 aromatic carbocycles. The number of carbonyl (C=O) groups excluding carboxylic acids is 1. The Kier molecular flexibility index (Phi) is 4.51. The Labute approximate surface area is 134 Å². The van der Waals surface area contributed by atoms with Crippen molar-refractivity contribution in [1.82, 2.24) is 10.3 Å². The Bertz CT molecular complexity index is 684. The van der Waals surface area contributed by atoms with Crippen molar-refractivity contribution in [2.45, 2.75) is 19.4 Å². The average molecular weight is 338 g/mol. The quantitative estimate of drug-likeness (QED) is 0.870.